The van der Waals surface area contributed by atoms with Crippen LogP contribution in [0.5, 0.6) is 0 Å². The summed E-state index contributed by atoms with van der Waals surface area (Å²) in [4.78, 5) is 37.4. The van der Waals surface area contributed by atoms with Gasteiger partial charge in [-0.05, 0) is 32.9 Å². The molecule has 24 heavy (non-hydrogen) atoms. The number of carbonyl (C=O) groups excluding carboxylic acids is 3. The average Bonchev–Trinajstić information content (AvgIpc) is 2.76. The van der Waals surface area contributed by atoms with Crippen molar-refractivity contribution < 1.29 is 19.7 Å². The van der Waals surface area contributed by atoms with E-state index in [0.717, 1.165) is 17.9 Å². The summed E-state index contributed by atoms with van der Waals surface area (Å²) < 4.78 is 0. The second-order valence-corrected chi connectivity index (χ2v) is 7.12. The van der Waals surface area contributed by atoms with Crippen LogP contribution in [0.2, 0.25) is 0 Å². The van der Waals surface area contributed by atoms with Gasteiger partial charge in [-0.3, -0.25) is 19.3 Å². The molecule has 1 aliphatic rings. The second kappa shape index (κ2) is 7.57. The minimum Gasteiger partial charge on any atom is -0.356 e. The van der Waals surface area contributed by atoms with Gasteiger partial charge in [0.1, 0.15) is 0 Å². The maximum atomic E-state index is 12.2. The minimum atomic E-state index is -0.317. The Morgan fingerprint density at radius 2 is 1.71 bits per heavy atom. The van der Waals surface area contributed by atoms with E-state index in [1.54, 1.807) is 24.3 Å². The van der Waals surface area contributed by atoms with Gasteiger partial charge in [-0.25, -0.2) is 0 Å². The minimum absolute atomic E-state index is 0.117. The van der Waals surface area contributed by atoms with Gasteiger partial charge in [-0.2, -0.15) is 0 Å². The molecule has 130 valence electrons. The van der Waals surface area contributed by atoms with E-state index in [4.69, 9.17) is 0 Å². The SMILES string of the molecule is CC(C)(C)[NH2+]CCCNC(=O)CCN1C(=O)c2ccccc2C1=O. The van der Waals surface area contributed by atoms with Crippen molar-refractivity contribution in [2.24, 2.45) is 0 Å². The van der Waals surface area contributed by atoms with Gasteiger partial charge in [0.2, 0.25) is 5.91 Å². The highest BCUT2D eigenvalue weighted by Gasteiger charge is 2.34. The van der Waals surface area contributed by atoms with Gasteiger partial charge in [-0.1, -0.05) is 12.1 Å². The van der Waals surface area contributed by atoms with Crippen LogP contribution in [0.15, 0.2) is 24.3 Å². The number of fused-ring (bicyclic) bond motifs is 1. The molecular formula is C18H26N3O3+. The van der Waals surface area contributed by atoms with Gasteiger partial charge in [0.25, 0.3) is 11.8 Å². The number of hydrogen-bond donors (Lipinski definition) is 2. The molecule has 1 aromatic rings. The van der Waals surface area contributed by atoms with Gasteiger partial charge in [0.15, 0.2) is 0 Å². The van der Waals surface area contributed by atoms with Gasteiger partial charge >= 0.3 is 0 Å². The Morgan fingerprint density at radius 3 is 2.25 bits per heavy atom. The largest absolute Gasteiger partial charge is 0.356 e. The van der Waals surface area contributed by atoms with E-state index >= 15 is 0 Å². The number of rotatable bonds is 7. The topological polar surface area (TPSA) is 83.1 Å². The molecular weight excluding hydrogens is 306 g/mol. The summed E-state index contributed by atoms with van der Waals surface area (Å²) in [6, 6.07) is 6.74. The second-order valence-electron chi connectivity index (χ2n) is 7.12. The third-order valence-electron chi connectivity index (χ3n) is 3.90. The quantitative estimate of drug-likeness (QED) is 0.565. The van der Waals surface area contributed by atoms with Crippen molar-refractivity contribution in [2.75, 3.05) is 19.6 Å². The standard InChI is InChI=1S/C18H25N3O3/c1-18(2,3)20-11-6-10-19-15(22)9-12-21-16(23)13-7-4-5-8-14(13)17(21)24/h4-5,7-8,20H,6,9-12H2,1-3H3,(H,19,22)/p+1. The van der Waals surface area contributed by atoms with Crippen LogP contribution in [0.4, 0.5) is 0 Å². The fraction of sp³-hybridized carbons (Fsp3) is 0.500. The maximum Gasteiger partial charge on any atom is 0.261 e. The lowest BCUT2D eigenvalue weighted by molar-refractivity contribution is -0.717. The van der Waals surface area contributed by atoms with Crippen molar-refractivity contribution in [1.82, 2.24) is 10.2 Å². The van der Waals surface area contributed by atoms with Crippen LogP contribution in [0.1, 0.15) is 54.3 Å². The molecule has 6 nitrogen and oxygen atoms in total. The van der Waals surface area contributed by atoms with Crippen molar-refractivity contribution in [2.45, 2.75) is 39.2 Å². The van der Waals surface area contributed by atoms with Crippen LogP contribution >= 0.6 is 0 Å². The van der Waals surface area contributed by atoms with E-state index in [9.17, 15) is 14.4 Å². The zero-order chi connectivity index (χ0) is 17.7. The van der Waals surface area contributed by atoms with E-state index in [1.165, 1.54) is 0 Å². The van der Waals surface area contributed by atoms with E-state index in [0.29, 0.717) is 17.7 Å². The van der Waals surface area contributed by atoms with E-state index in [2.05, 4.69) is 31.4 Å². The lowest BCUT2D eigenvalue weighted by atomic mass is 10.1. The summed E-state index contributed by atoms with van der Waals surface area (Å²) in [5.74, 6) is -0.770. The Hall–Kier alpha value is -2.21. The molecule has 3 amide bonds. The van der Waals surface area contributed by atoms with E-state index in [1.807, 2.05) is 0 Å². The van der Waals surface area contributed by atoms with Crippen LogP contribution in [0, 0.1) is 0 Å². The fourth-order valence-corrected chi connectivity index (χ4v) is 2.61. The summed E-state index contributed by atoms with van der Waals surface area (Å²) in [6.45, 7) is 8.11. The molecule has 1 aromatic carbocycles. The summed E-state index contributed by atoms with van der Waals surface area (Å²) in [6.07, 6.45) is 1.02. The fourth-order valence-electron chi connectivity index (χ4n) is 2.61. The van der Waals surface area contributed by atoms with Crippen LogP contribution in [0.3, 0.4) is 0 Å². The molecule has 1 heterocycles. The Bertz CT molecular complexity index is 600. The van der Waals surface area contributed by atoms with Gasteiger partial charge in [0, 0.05) is 25.9 Å². The van der Waals surface area contributed by atoms with Crippen LogP contribution in [0.25, 0.3) is 0 Å². The predicted molar refractivity (Wildman–Crippen MR) is 90.6 cm³/mol. The number of nitrogens with two attached hydrogens (primary N) is 1. The number of quaternary nitrogens is 1. The number of benzene rings is 1. The smallest absolute Gasteiger partial charge is 0.261 e. The number of hydrogen-bond acceptors (Lipinski definition) is 3. The van der Waals surface area contributed by atoms with Crippen molar-refractivity contribution in [3.05, 3.63) is 35.4 Å². The van der Waals surface area contributed by atoms with Gasteiger partial charge in [-0.15, -0.1) is 0 Å². The number of amides is 3. The van der Waals surface area contributed by atoms with Crippen molar-refractivity contribution >= 4 is 17.7 Å². The lowest BCUT2D eigenvalue weighted by Crippen LogP contribution is -2.94. The number of nitrogens with zero attached hydrogens (tertiary/aromatic N) is 1. The van der Waals surface area contributed by atoms with Gasteiger partial charge < -0.3 is 10.6 Å². The zero-order valence-corrected chi connectivity index (χ0v) is 14.6. The zero-order valence-electron chi connectivity index (χ0n) is 14.6. The van der Waals surface area contributed by atoms with Crippen molar-refractivity contribution in [1.29, 1.82) is 0 Å². The van der Waals surface area contributed by atoms with Crippen LogP contribution in [-0.2, 0) is 4.79 Å². The van der Waals surface area contributed by atoms with Crippen molar-refractivity contribution in [3.8, 4) is 0 Å². The molecule has 0 radical (unpaired) electrons. The Labute approximate surface area is 142 Å². The predicted octanol–water partition coefficient (Wildman–Crippen LogP) is 0.541. The molecule has 0 atom stereocenters. The Kier molecular flexibility index (Phi) is 5.72. The summed E-state index contributed by atoms with van der Waals surface area (Å²) in [5.41, 5.74) is 1.02. The normalized spacial score (nSPS) is 14.0. The number of nitrogens with one attached hydrogen (secondary N) is 1. The molecule has 0 fully saturated rings. The molecule has 0 saturated heterocycles. The third kappa shape index (κ3) is 4.64. The molecule has 0 spiro atoms. The molecule has 3 N–H and O–H groups in total. The first-order chi connectivity index (χ1) is 11.3. The first-order valence-corrected chi connectivity index (χ1v) is 8.36. The number of carbonyl (C=O) groups is 3. The first-order valence-electron chi connectivity index (χ1n) is 8.36. The molecule has 6 heteroatoms. The highest BCUT2D eigenvalue weighted by molar-refractivity contribution is 6.21. The first kappa shape index (κ1) is 18.1. The summed E-state index contributed by atoms with van der Waals surface area (Å²) >= 11 is 0. The van der Waals surface area contributed by atoms with Gasteiger partial charge in [0.05, 0.1) is 23.2 Å². The molecule has 1 aliphatic heterocycles. The summed E-state index contributed by atoms with van der Waals surface area (Å²) in [5, 5.41) is 5.07. The third-order valence-corrected chi connectivity index (χ3v) is 3.90. The molecule has 2 rings (SSSR count). The Balaban J connectivity index is 1.71. The average molecular weight is 332 g/mol. The molecule has 0 bridgehead atoms. The highest BCUT2D eigenvalue weighted by Crippen LogP contribution is 2.22. The van der Waals surface area contributed by atoms with Crippen LogP contribution < -0.4 is 10.6 Å². The molecule has 0 aromatic heterocycles. The molecule has 0 saturated carbocycles. The maximum absolute atomic E-state index is 12.2. The monoisotopic (exact) mass is 332 g/mol. The molecule has 0 unspecified atom stereocenters. The Morgan fingerprint density at radius 1 is 1.12 bits per heavy atom. The lowest BCUT2D eigenvalue weighted by Gasteiger charge is -2.17. The highest BCUT2D eigenvalue weighted by atomic mass is 16.2. The van der Waals surface area contributed by atoms with E-state index in [-0.39, 0.29) is 36.2 Å². The van der Waals surface area contributed by atoms with E-state index < -0.39 is 0 Å². The summed E-state index contributed by atoms with van der Waals surface area (Å²) in [7, 11) is 0. The number of imide groups is 1. The van der Waals surface area contributed by atoms with Crippen LogP contribution in [-0.4, -0.2) is 47.8 Å². The van der Waals surface area contributed by atoms with Crippen molar-refractivity contribution in [3.63, 3.8) is 0 Å². The molecule has 0 aliphatic carbocycles.